The third-order valence-electron chi connectivity index (χ3n) is 3.49. The number of methoxy groups -OCH3 is 1. The van der Waals surface area contributed by atoms with Crippen LogP contribution in [0.5, 0.6) is 5.75 Å². The van der Waals surface area contributed by atoms with Gasteiger partial charge in [0.15, 0.2) is 15.0 Å². The van der Waals surface area contributed by atoms with Gasteiger partial charge in [-0.25, -0.2) is 13.4 Å². The number of ether oxygens (including phenoxy) is 1. The molecule has 0 aliphatic rings. The molecule has 0 saturated heterocycles. The molecule has 0 fully saturated rings. The lowest BCUT2D eigenvalue weighted by molar-refractivity contribution is 0.415. The van der Waals surface area contributed by atoms with Crippen LogP contribution in [0.1, 0.15) is 0 Å². The molecule has 0 atom stereocenters. The fourth-order valence-corrected chi connectivity index (χ4v) is 5.58. The Labute approximate surface area is 159 Å². The summed E-state index contributed by atoms with van der Waals surface area (Å²) in [7, 11) is -1.93. The molecule has 0 amide bonds. The molecule has 0 aliphatic carbocycles. The van der Waals surface area contributed by atoms with E-state index in [4.69, 9.17) is 27.9 Å². The van der Waals surface area contributed by atoms with Crippen LogP contribution in [-0.4, -0.2) is 37.0 Å². The average Bonchev–Trinajstić information content (AvgIpc) is 2.98. The minimum Gasteiger partial charge on any atom is -0.497 e. The maximum absolute atomic E-state index is 12.4. The first-order valence-electron chi connectivity index (χ1n) is 7.23. The highest BCUT2D eigenvalue weighted by molar-refractivity contribution is 8.00. The van der Waals surface area contributed by atoms with Crippen molar-refractivity contribution in [3.05, 3.63) is 46.4 Å². The summed E-state index contributed by atoms with van der Waals surface area (Å²) in [5.74, 6) is 0.992. The molecule has 1 heterocycles. The Morgan fingerprint density at radius 3 is 2.76 bits per heavy atom. The van der Waals surface area contributed by atoms with Crippen molar-refractivity contribution in [2.24, 2.45) is 0 Å². The molecule has 0 unspecified atom stereocenters. The normalized spacial score (nSPS) is 11.8. The summed E-state index contributed by atoms with van der Waals surface area (Å²) in [6.07, 6.45) is 0. The van der Waals surface area contributed by atoms with E-state index < -0.39 is 9.84 Å². The van der Waals surface area contributed by atoms with Crippen LogP contribution in [0, 0.1) is 0 Å². The molecule has 3 rings (SSSR count). The molecule has 1 N–H and O–H groups in total. The van der Waals surface area contributed by atoms with Crippen LogP contribution in [-0.2, 0) is 9.84 Å². The number of H-pyrrole nitrogens is 1. The van der Waals surface area contributed by atoms with Gasteiger partial charge in [0.2, 0.25) is 0 Å². The van der Waals surface area contributed by atoms with Gasteiger partial charge in [-0.2, -0.15) is 0 Å². The average molecular weight is 417 g/mol. The van der Waals surface area contributed by atoms with Gasteiger partial charge in [-0.3, -0.25) is 0 Å². The zero-order chi connectivity index (χ0) is 18.0. The first-order chi connectivity index (χ1) is 11.9. The number of imidazole rings is 1. The smallest absolute Gasteiger partial charge is 0.180 e. The summed E-state index contributed by atoms with van der Waals surface area (Å²) in [6, 6.07) is 9.92. The number of hydrogen-bond donors (Lipinski definition) is 1. The lowest BCUT2D eigenvalue weighted by Crippen LogP contribution is -2.09. The van der Waals surface area contributed by atoms with Gasteiger partial charge in [0.1, 0.15) is 5.75 Å². The van der Waals surface area contributed by atoms with Crippen molar-refractivity contribution in [2.45, 2.75) is 10.1 Å². The molecular formula is C16H14Cl2N2O3S2. The molecule has 25 heavy (non-hydrogen) atoms. The Morgan fingerprint density at radius 2 is 2.00 bits per heavy atom. The van der Waals surface area contributed by atoms with Crippen LogP contribution in [0.4, 0.5) is 0 Å². The molecular weight excluding hydrogens is 403 g/mol. The number of benzene rings is 2. The number of fused-ring (bicyclic) bond motifs is 1. The predicted molar refractivity (Wildman–Crippen MR) is 102 cm³/mol. The number of sulfone groups is 1. The topological polar surface area (TPSA) is 72.0 Å². The van der Waals surface area contributed by atoms with Crippen LogP contribution in [0.2, 0.25) is 10.0 Å². The zero-order valence-electron chi connectivity index (χ0n) is 13.1. The molecule has 0 saturated carbocycles. The van der Waals surface area contributed by atoms with E-state index in [1.165, 1.54) is 23.9 Å². The third-order valence-corrected chi connectivity index (χ3v) is 7.05. The van der Waals surface area contributed by atoms with Gasteiger partial charge in [-0.05, 0) is 30.3 Å². The summed E-state index contributed by atoms with van der Waals surface area (Å²) >= 11 is 13.2. The second kappa shape index (κ2) is 7.45. The Hall–Kier alpha value is -1.41. The first kappa shape index (κ1) is 18.4. The molecule has 132 valence electrons. The number of nitrogens with zero attached hydrogens (tertiary/aromatic N) is 1. The monoisotopic (exact) mass is 416 g/mol. The van der Waals surface area contributed by atoms with Crippen molar-refractivity contribution in [1.82, 2.24) is 9.97 Å². The van der Waals surface area contributed by atoms with Crippen molar-refractivity contribution in [2.75, 3.05) is 18.6 Å². The summed E-state index contributed by atoms with van der Waals surface area (Å²) < 4.78 is 30.1. The second-order valence-electron chi connectivity index (χ2n) is 5.17. The minimum absolute atomic E-state index is 0.0524. The van der Waals surface area contributed by atoms with Gasteiger partial charge < -0.3 is 9.72 Å². The SMILES string of the molecule is COc1ccc2nc(SCCS(=O)(=O)c3cc(Cl)ccc3Cl)[nH]c2c1. The maximum atomic E-state index is 12.4. The van der Waals surface area contributed by atoms with E-state index in [9.17, 15) is 8.42 Å². The molecule has 5 nitrogen and oxygen atoms in total. The molecule has 3 aromatic rings. The third kappa shape index (κ3) is 4.23. The number of hydrogen-bond acceptors (Lipinski definition) is 5. The van der Waals surface area contributed by atoms with Gasteiger partial charge in [0, 0.05) is 16.8 Å². The van der Waals surface area contributed by atoms with E-state index >= 15 is 0 Å². The lowest BCUT2D eigenvalue weighted by Gasteiger charge is -2.06. The first-order valence-corrected chi connectivity index (χ1v) is 10.6. The van der Waals surface area contributed by atoms with E-state index in [1.54, 1.807) is 13.2 Å². The highest BCUT2D eigenvalue weighted by Crippen LogP contribution is 2.28. The van der Waals surface area contributed by atoms with Gasteiger partial charge >= 0.3 is 0 Å². The van der Waals surface area contributed by atoms with Crippen LogP contribution in [0.3, 0.4) is 0 Å². The minimum atomic E-state index is -3.52. The summed E-state index contributed by atoms with van der Waals surface area (Å²) in [5.41, 5.74) is 1.63. The number of aromatic nitrogens is 2. The van der Waals surface area contributed by atoms with Gasteiger partial charge in [0.25, 0.3) is 0 Å². The van der Waals surface area contributed by atoms with Crippen molar-refractivity contribution >= 4 is 55.8 Å². The van der Waals surface area contributed by atoms with Gasteiger partial charge in [0.05, 0.1) is 33.8 Å². The van der Waals surface area contributed by atoms with E-state index in [0.717, 1.165) is 16.8 Å². The van der Waals surface area contributed by atoms with E-state index in [0.29, 0.717) is 15.9 Å². The fourth-order valence-electron chi connectivity index (χ4n) is 2.23. The number of halogens is 2. The van der Waals surface area contributed by atoms with Gasteiger partial charge in [-0.15, -0.1) is 0 Å². The standard InChI is InChI=1S/C16H14Cl2N2O3S2/c1-23-11-3-5-13-14(9-11)20-16(19-13)24-6-7-25(21,22)15-8-10(17)2-4-12(15)18/h2-5,8-9H,6-7H2,1H3,(H,19,20). The molecule has 1 aromatic heterocycles. The van der Waals surface area contributed by atoms with E-state index in [2.05, 4.69) is 9.97 Å². The molecule has 0 spiro atoms. The Kier molecular flexibility index (Phi) is 5.48. The van der Waals surface area contributed by atoms with Crippen molar-refractivity contribution < 1.29 is 13.2 Å². The van der Waals surface area contributed by atoms with E-state index in [1.807, 2.05) is 18.2 Å². The number of thioether (sulfide) groups is 1. The molecule has 0 aliphatic heterocycles. The summed E-state index contributed by atoms with van der Waals surface area (Å²) in [5, 5.41) is 1.16. The number of rotatable bonds is 6. The second-order valence-corrected chi connectivity index (χ2v) is 9.17. The Balaban J connectivity index is 1.70. The molecule has 0 bridgehead atoms. The fraction of sp³-hybridized carbons (Fsp3) is 0.188. The zero-order valence-corrected chi connectivity index (χ0v) is 16.3. The lowest BCUT2D eigenvalue weighted by atomic mass is 10.3. The summed E-state index contributed by atoms with van der Waals surface area (Å²) in [6.45, 7) is 0. The van der Waals surface area contributed by atoms with Crippen molar-refractivity contribution in [3.8, 4) is 5.75 Å². The summed E-state index contributed by atoms with van der Waals surface area (Å²) in [4.78, 5) is 7.62. The number of aromatic amines is 1. The molecule has 9 heteroatoms. The van der Waals surface area contributed by atoms with Crippen LogP contribution in [0.15, 0.2) is 46.5 Å². The van der Waals surface area contributed by atoms with Crippen LogP contribution < -0.4 is 4.74 Å². The van der Waals surface area contributed by atoms with E-state index in [-0.39, 0.29) is 15.7 Å². The Morgan fingerprint density at radius 1 is 1.20 bits per heavy atom. The quantitative estimate of drug-likeness (QED) is 0.601. The van der Waals surface area contributed by atoms with Crippen LogP contribution >= 0.6 is 35.0 Å². The van der Waals surface area contributed by atoms with Crippen LogP contribution in [0.25, 0.3) is 11.0 Å². The van der Waals surface area contributed by atoms with Gasteiger partial charge in [-0.1, -0.05) is 35.0 Å². The van der Waals surface area contributed by atoms with Crippen molar-refractivity contribution in [1.29, 1.82) is 0 Å². The highest BCUT2D eigenvalue weighted by Gasteiger charge is 2.19. The predicted octanol–water partition coefficient (Wildman–Crippen LogP) is 4.44. The number of nitrogens with one attached hydrogen (secondary N) is 1. The Bertz CT molecular complexity index is 1020. The van der Waals surface area contributed by atoms with Crippen molar-refractivity contribution in [3.63, 3.8) is 0 Å². The molecule has 0 radical (unpaired) electrons. The maximum Gasteiger partial charge on any atom is 0.180 e. The highest BCUT2D eigenvalue weighted by atomic mass is 35.5. The molecule has 2 aromatic carbocycles. The largest absolute Gasteiger partial charge is 0.497 e.